The number of nitrogens with two attached hydrogens (primary N) is 1. The first-order valence-corrected chi connectivity index (χ1v) is 7.68. The minimum atomic E-state index is 0.381. The van der Waals surface area contributed by atoms with Crippen LogP contribution in [0.15, 0.2) is 35.5 Å². The van der Waals surface area contributed by atoms with Crippen molar-refractivity contribution >= 4 is 23.0 Å². The number of para-hydroxylation sites is 2. The molecule has 6 heteroatoms. The van der Waals surface area contributed by atoms with Crippen molar-refractivity contribution in [3.63, 3.8) is 0 Å². The number of nitrogens with one attached hydrogen (secondary N) is 1. The van der Waals surface area contributed by atoms with Gasteiger partial charge in [0.1, 0.15) is 5.75 Å². The van der Waals surface area contributed by atoms with Gasteiger partial charge in [-0.1, -0.05) is 19.1 Å². The molecule has 0 saturated heterocycles. The number of ether oxygens (including phenoxy) is 1. The van der Waals surface area contributed by atoms with Gasteiger partial charge in [0.15, 0.2) is 5.96 Å². The lowest BCUT2D eigenvalue weighted by Gasteiger charge is -2.09. The summed E-state index contributed by atoms with van der Waals surface area (Å²) in [6, 6.07) is 7.60. The van der Waals surface area contributed by atoms with Crippen LogP contribution in [0, 0.1) is 0 Å². The van der Waals surface area contributed by atoms with Crippen LogP contribution in [-0.4, -0.2) is 24.6 Å². The van der Waals surface area contributed by atoms with Gasteiger partial charge in [0.05, 0.1) is 17.8 Å². The van der Waals surface area contributed by atoms with Crippen LogP contribution in [0.1, 0.15) is 16.8 Å². The molecule has 0 unspecified atom stereocenters. The minimum absolute atomic E-state index is 0.381. The Bertz CT molecular complexity index is 609. The van der Waals surface area contributed by atoms with Crippen LogP contribution in [0.25, 0.3) is 0 Å². The Morgan fingerprint density at radius 2 is 2.24 bits per heavy atom. The predicted octanol–water partition coefficient (Wildman–Crippen LogP) is 2.68. The van der Waals surface area contributed by atoms with E-state index in [0.717, 1.165) is 29.3 Å². The topological polar surface area (TPSA) is 72.5 Å². The van der Waals surface area contributed by atoms with Crippen LogP contribution in [0.5, 0.6) is 5.75 Å². The van der Waals surface area contributed by atoms with Gasteiger partial charge in [0, 0.05) is 24.0 Å². The summed E-state index contributed by atoms with van der Waals surface area (Å²) in [5.74, 6) is 1.12. The molecule has 21 heavy (non-hydrogen) atoms. The third-order valence-electron chi connectivity index (χ3n) is 2.93. The van der Waals surface area contributed by atoms with Crippen LogP contribution >= 0.6 is 11.3 Å². The molecule has 0 aliphatic heterocycles. The SMILES string of the molecule is CCc1cnc(CCN=C(N)Nc2ccccc2OC)s1. The number of methoxy groups -OCH3 is 1. The van der Waals surface area contributed by atoms with E-state index < -0.39 is 0 Å². The summed E-state index contributed by atoms with van der Waals surface area (Å²) < 4.78 is 5.25. The highest BCUT2D eigenvalue weighted by atomic mass is 32.1. The highest BCUT2D eigenvalue weighted by molar-refractivity contribution is 7.11. The average molecular weight is 304 g/mol. The Labute approximate surface area is 128 Å². The summed E-state index contributed by atoms with van der Waals surface area (Å²) in [6.07, 6.45) is 3.76. The zero-order valence-electron chi connectivity index (χ0n) is 12.3. The maximum absolute atomic E-state index is 5.89. The Morgan fingerprint density at radius 1 is 1.43 bits per heavy atom. The highest BCUT2D eigenvalue weighted by Gasteiger charge is 2.03. The molecule has 1 aromatic heterocycles. The molecule has 112 valence electrons. The molecule has 1 heterocycles. The lowest BCUT2D eigenvalue weighted by Crippen LogP contribution is -2.23. The fourth-order valence-corrected chi connectivity index (χ4v) is 2.68. The molecule has 2 rings (SSSR count). The number of guanidine groups is 1. The van der Waals surface area contributed by atoms with Crippen molar-refractivity contribution in [2.45, 2.75) is 19.8 Å². The number of anilines is 1. The van der Waals surface area contributed by atoms with E-state index in [4.69, 9.17) is 10.5 Å². The van der Waals surface area contributed by atoms with E-state index in [0.29, 0.717) is 12.5 Å². The molecule has 1 aromatic carbocycles. The van der Waals surface area contributed by atoms with E-state index in [2.05, 4.69) is 22.2 Å². The molecule has 0 spiro atoms. The maximum atomic E-state index is 5.89. The second-order valence-corrected chi connectivity index (χ2v) is 5.62. The van der Waals surface area contributed by atoms with Crippen LogP contribution in [0.2, 0.25) is 0 Å². The lowest BCUT2D eigenvalue weighted by molar-refractivity contribution is 0.417. The first-order chi connectivity index (χ1) is 10.2. The lowest BCUT2D eigenvalue weighted by atomic mass is 10.3. The zero-order valence-corrected chi connectivity index (χ0v) is 13.1. The number of benzene rings is 1. The van der Waals surface area contributed by atoms with Gasteiger partial charge in [0.2, 0.25) is 0 Å². The molecule has 0 saturated carbocycles. The standard InChI is InChI=1S/C15H20N4OS/c1-3-11-10-18-14(21-11)8-9-17-15(16)19-12-6-4-5-7-13(12)20-2/h4-7,10H,3,8-9H2,1-2H3,(H3,16,17,19). The van der Waals surface area contributed by atoms with E-state index >= 15 is 0 Å². The Kier molecular flexibility index (Phi) is 5.57. The molecule has 5 nitrogen and oxygen atoms in total. The Hall–Kier alpha value is -2.08. The van der Waals surface area contributed by atoms with Gasteiger partial charge in [-0.05, 0) is 18.6 Å². The fraction of sp³-hybridized carbons (Fsp3) is 0.333. The van der Waals surface area contributed by atoms with Gasteiger partial charge >= 0.3 is 0 Å². The summed E-state index contributed by atoms with van der Waals surface area (Å²) in [6.45, 7) is 2.75. The Balaban J connectivity index is 1.89. The van der Waals surface area contributed by atoms with E-state index in [1.54, 1.807) is 18.4 Å². The molecule has 3 N–H and O–H groups in total. The second kappa shape index (κ2) is 7.64. The number of aryl methyl sites for hydroxylation is 1. The van der Waals surface area contributed by atoms with Gasteiger partial charge in [-0.2, -0.15) is 0 Å². The Morgan fingerprint density at radius 3 is 2.95 bits per heavy atom. The van der Waals surface area contributed by atoms with Crippen molar-refractivity contribution in [2.75, 3.05) is 19.0 Å². The predicted molar refractivity (Wildman–Crippen MR) is 88.3 cm³/mol. The van der Waals surface area contributed by atoms with Crippen LogP contribution in [0.3, 0.4) is 0 Å². The van der Waals surface area contributed by atoms with E-state index in [1.807, 2.05) is 30.5 Å². The third kappa shape index (κ3) is 4.46. The normalized spacial score (nSPS) is 11.4. The van der Waals surface area contributed by atoms with Gasteiger partial charge < -0.3 is 15.8 Å². The summed E-state index contributed by atoms with van der Waals surface area (Å²) in [4.78, 5) is 9.98. The third-order valence-corrected chi connectivity index (χ3v) is 4.13. The van der Waals surface area contributed by atoms with Crippen molar-refractivity contribution in [1.82, 2.24) is 4.98 Å². The molecular formula is C15H20N4OS. The smallest absolute Gasteiger partial charge is 0.193 e. The molecule has 0 bridgehead atoms. The second-order valence-electron chi connectivity index (χ2n) is 4.42. The van der Waals surface area contributed by atoms with Crippen molar-refractivity contribution in [2.24, 2.45) is 10.7 Å². The van der Waals surface area contributed by atoms with Crippen LogP contribution < -0.4 is 15.8 Å². The quantitative estimate of drug-likeness (QED) is 0.636. The molecule has 0 aliphatic carbocycles. The van der Waals surface area contributed by atoms with Crippen molar-refractivity contribution in [3.8, 4) is 5.75 Å². The number of thiazole rings is 1. The number of hydrogen-bond donors (Lipinski definition) is 2. The maximum Gasteiger partial charge on any atom is 0.193 e. The highest BCUT2D eigenvalue weighted by Crippen LogP contribution is 2.22. The first kappa shape index (κ1) is 15.3. The summed E-state index contributed by atoms with van der Waals surface area (Å²) in [5.41, 5.74) is 6.70. The van der Waals surface area contributed by atoms with E-state index in [9.17, 15) is 0 Å². The molecule has 0 radical (unpaired) electrons. The summed E-state index contributed by atoms with van der Waals surface area (Å²) in [7, 11) is 1.63. The molecule has 0 atom stereocenters. The monoisotopic (exact) mass is 304 g/mol. The average Bonchev–Trinajstić information content (AvgIpc) is 2.96. The van der Waals surface area contributed by atoms with Gasteiger partial charge in [-0.3, -0.25) is 4.99 Å². The summed E-state index contributed by atoms with van der Waals surface area (Å²) >= 11 is 1.73. The van der Waals surface area contributed by atoms with Gasteiger partial charge in [0.25, 0.3) is 0 Å². The number of aliphatic imine (C=N–C) groups is 1. The largest absolute Gasteiger partial charge is 0.495 e. The number of rotatable bonds is 6. The minimum Gasteiger partial charge on any atom is -0.495 e. The van der Waals surface area contributed by atoms with Crippen molar-refractivity contribution < 1.29 is 4.74 Å². The molecule has 0 aliphatic rings. The van der Waals surface area contributed by atoms with Crippen LogP contribution in [-0.2, 0) is 12.8 Å². The zero-order chi connectivity index (χ0) is 15.1. The number of hydrogen-bond acceptors (Lipinski definition) is 4. The molecule has 2 aromatic rings. The van der Waals surface area contributed by atoms with Gasteiger partial charge in [-0.25, -0.2) is 4.98 Å². The van der Waals surface area contributed by atoms with Crippen molar-refractivity contribution in [3.05, 3.63) is 40.3 Å². The number of nitrogens with zero attached hydrogens (tertiary/aromatic N) is 2. The first-order valence-electron chi connectivity index (χ1n) is 6.86. The van der Waals surface area contributed by atoms with Gasteiger partial charge in [-0.15, -0.1) is 11.3 Å². The molecule has 0 fully saturated rings. The van der Waals surface area contributed by atoms with Crippen molar-refractivity contribution in [1.29, 1.82) is 0 Å². The summed E-state index contributed by atoms with van der Waals surface area (Å²) in [5, 5.41) is 4.15. The van der Waals surface area contributed by atoms with Crippen LogP contribution in [0.4, 0.5) is 5.69 Å². The number of aromatic nitrogens is 1. The fourth-order valence-electron chi connectivity index (χ4n) is 1.82. The van der Waals surface area contributed by atoms with E-state index in [-0.39, 0.29) is 0 Å². The van der Waals surface area contributed by atoms with E-state index in [1.165, 1.54) is 4.88 Å². The molecule has 0 amide bonds. The molecular weight excluding hydrogens is 284 g/mol.